The summed E-state index contributed by atoms with van der Waals surface area (Å²) in [6.45, 7) is 5.95. The van der Waals surface area contributed by atoms with Crippen molar-refractivity contribution in [3.63, 3.8) is 0 Å². The van der Waals surface area contributed by atoms with Gasteiger partial charge in [0.15, 0.2) is 0 Å². The normalized spacial score (nSPS) is 23.6. The molecule has 0 spiro atoms. The van der Waals surface area contributed by atoms with Crippen molar-refractivity contribution >= 4 is 5.97 Å². The summed E-state index contributed by atoms with van der Waals surface area (Å²) in [7, 11) is 1.49. The van der Waals surface area contributed by atoms with Crippen molar-refractivity contribution in [1.82, 2.24) is 10.2 Å². The van der Waals surface area contributed by atoms with Crippen LogP contribution in [0.3, 0.4) is 0 Å². The third kappa shape index (κ3) is 3.69. The van der Waals surface area contributed by atoms with E-state index in [1.165, 1.54) is 45.6 Å². The Morgan fingerprint density at radius 1 is 1.32 bits per heavy atom. The van der Waals surface area contributed by atoms with Gasteiger partial charge in [0.05, 0.1) is 7.11 Å². The highest BCUT2D eigenvalue weighted by molar-refractivity contribution is 5.80. The second-order valence-electron chi connectivity index (χ2n) is 6.24. The molecule has 0 aromatic rings. The van der Waals surface area contributed by atoms with Gasteiger partial charge in [-0.15, -0.1) is 0 Å². The van der Waals surface area contributed by atoms with E-state index in [-0.39, 0.29) is 5.97 Å². The third-order valence-corrected chi connectivity index (χ3v) is 4.50. The van der Waals surface area contributed by atoms with E-state index in [0.29, 0.717) is 12.1 Å². The lowest BCUT2D eigenvalue weighted by atomic mass is 10.00. The SMILES string of the molecule is CCN(CC(C)(NC1CC1)C(=O)OC)C1CCCC1. The third-order valence-electron chi connectivity index (χ3n) is 4.50. The van der Waals surface area contributed by atoms with Crippen molar-refractivity contribution in [2.75, 3.05) is 20.2 Å². The number of ether oxygens (including phenoxy) is 1. The van der Waals surface area contributed by atoms with E-state index in [1.54, 1.807) is 0 Å². The summed E-state index contributed by atoms with van der Waals surface area (Å²) in [4.78, 5) is 14.6. The number of likely N-dealkylation sites (N-methyl/N-ethyl adjacent to an activating group) is 1. The molecule has 0 heterocycles. The van der Waals surface area contributed by atoms with Gasteiger partial charge in [0.2, 0.25) is 0 Å². The zero-order valence-electron chi connectivity index (χ0n) is 12.6. The smallest absolute Gasteiger partial charge is 0.327 e. The first-order valence-corrected chi connectivity index (χ1v) is 7.69. The fourth-order valence-corrected chi connectivity index (χ4v) is 3.25. The van der Waals surface area contributed by atoms with Gasteiger partial charge >= 0.3 is 5.97 Å². The molecular weight excluding hydrogens is 240 g/mol. The molecular formula is C15H28N2O2. The quantitative estimate of drug-likeness (QED) is 0.716. The lowest BCUT2D eigenvalue weighted by molar-refractivity contribution is -0.149. The first-order valence-electron chi connectivity index (χ1n) is 7.69. The van der Waals surface area contributed by atoms with Crippen molar-refractivity contribution in [2.45, 2.75) is 70.0 Å². The van der Waals surface area contributed by atoms with Gasteiger partial charge in [-0.1, -0.05) is 19.8 Å². The molecule has 0 aliphatic heterocycles. The molecule has 1 unspecified atom stereocenters. The van der Waals surface area contributed by atoms with E-state index >= 15 is 0 Å². The Balaban J connectivity index is 2.01. The summed E-state index contributed by atoms with van der Waals surface area (Å²) >= 11 is 0. The molecule has 0 bridgehead atoms. The number of rotatable bonds is 7. The second kappa shape index (κ2) is 6.23. The van der Waals surface area contributed by atoms with Crippen LogP contribution < -0.4 is 5.32 Å². The standard InChI is InChI=1S/C15H28N2O2/c1-4-17(13-7-5-6-8-13)11-15(2,14(18)19-3)16-12-9-10-12/h12-13,16H,4-11H2,1-3H3. The van der Waals surface area contributed by atoms with Crippen LogP contribution in [0.1, 0.15) is 52.4 Å². The minimum Gasteiger partial charge on any atom is -0.468 e. The maximum Gasteiger partial charge on any atom is 0.327 e. The molecule has 2 saturated carbocycles. The average molecular weight is 268 g/mol. The minimum absolute atomic E-state index is 0.129. The molecule has 0 aromatic heterocycles. The van der Waals surface area contributed by atoms with Crippen LogP contribution >= 0.6 is 0 Å². The molecule has 0 aromatic carbocycles. The summed E-state index contributed by atoms with van der Waals surface area (Å²) < 4.78 is 5.02. The molecule has 1 N–H and O–H groups in total. The van der Waals surface area contributed by atoms with Gasteiger partial charge < -0.3 is 4.74 Å². The van der Waals surface area contributed by atoms with Crippen LogP contribution in [-0.4, -0.2) is 48.7 Å². The Bertz CT molecular complexity index is 311. The van der Waals surface area contributed by atoms with Crippen LogP contribution in [0.4, 0.5) is 0 Å². The molecule has 4 heteroatoms. The van der Waals surface area contributed by atoms with Crippen molar-refractivity contribution in [1.29, 1.82) is 0 Å². The maximum absolute atomic E-state index is 12.2. The Hall–Kier alpha value is -0.610. The Labute approximate surface area is 116 Å². The number of nitrogens with zero attached hydrogens (tertiary/aromatic N) is 1. The molecule has 0 saturated heterocycles. The fraction of sp³-hybridized carbons (Fsp3) is 0.933. The number of hydrogen-bond acceptors (Lipinski definition) is 4. The average Bonchev–Trinajstić information content (AvgIpc) is 3.05. The van der Waals surface area contributed by atoms with E-state index in [1.807, 2.05) is 6.92 Å². The van der Waals surface area contributed by atoms with Crippen LogP contribution in [0.25, 0.3) is 0 Å². The Morgan fingerprint density at radius 3 is 2.42 bits per heavy atom. The molecule has 2 rings (SSSR count). The number of methoxy groups -OCH3 is 1. The van der Waals surface area contributed by atoms with E-state index in [4.69, 9.17) is 4.74 Å². The summed E-state index contributed by atoms with van der Waals surface area (Å²) in [5, 5.41) is 3.49. The molecule has 2 aliphatic carbocycles. The fourth-order valence-electron chi connectivity index (χ4n) is 3.25. The van der Waals surface area contributed by atoms with Gasteiger partial charge in [0.1, 0.15) is 5.54 Å². The van der Waals surface area contributed by atoms with Gasteiger partial charge in [-0.3, -0.25) is 15.0 Å². The topological polar surface area (TPSA) is 41.6 Å². The molecule has 1 atom stereocenters. The Kier molecular flexibility index (Phi) is 4.85. The number of esters is 1. The highest BCUT2D eigenvalue weighted by Crippen LogP contribution is 2.27. The van der Waals surface area contributed by atoms with E-state index in [0.717, 1.165) is 13.1 Å². The van der Waals surface area contributed by atoms with Crippen LogP contribution in [0.15, 0.2) is 0 Å². The number of hydrogen-bond donors (Lipinski definition) is 1. The lowest BCUT2D eigenvalue weighted by Crippen LogP contribution is -2.59. The monoisotopic (exact) mass is 268 g/mol. The zero-order valence-corrected chi connectivity index (χ0v) is 12.6. The van der Waals surface area contributed by atoms with Crippen molar-refractivity contribution in [3.8, 4) is 0 Å². The van der Waals surface area contributed by atoms with Gasteiger partial charge in [-0.05, 0) is 39.2 Å². The predicted molar refractivity (Wildman–Crippen MR) is 76.1 cm³/mol. The molecule has 2 aliphatic rings. The first kappa shape index (κ1) is 14.8. The molecule has 2 fully saturated rings. The van der Waals surface area contributed by atoms with Gasteiger partial charge in [-0.25, -0.2) is 0 Å². The van der Waals surface area contributed by atoms with E-state index in [2.05, 4.69) is 17.1 Å². The first-order chi connectivity index (χ1) is 9.09. The minimum atomic E-state index is -0.561. The predicted octanol–water partition coefficient (Wildman–Crippen LogP) is 1.93. The molecule has 19 heavy (non-hydrogen) atoms. The summed E-state index contributed by atoms with van der Waals surface area (Å²) in [6, 6.07) is 1.15. The van der Waals surface area contributed by atoms with Crippen LogP contribution in [-0.2, 0) is 9.53 Å². The molecule has 4 nitrogen and oxygen atoms in total. The zero-order chi connectivity index (χ0) is 13.9. The maximum atomic E-state index is 12.2. The highest BCUT2D eigenvalue weighted by Gasteiger charge is 2.41. The Morgan fingerprint density at radius 2 is 1.95 bits per heavy atom. The second-order valence-corrected chi connectivity index (χ2v) is 6.24. The van der Waals surface area contributed by atoms with Crippen LogP contribution in [0.5, 0.6) is 0 Å². The lowest BCUT2D eigenvalue weighted by Gasteiger charge is -2.37. The van der Waals surface area contributed by atoms with Gasteiger partial charge in [0, 0.05) is 18.6 Å². The van der Waals surface area contributed by atoms with E-state index < -0.39 is 5.54 Å². The van der Waals surface area contributed by atoms with Crippen molar-refractivity contribution < 1.29 is 9.53 Å². The van der Waals surface area contributed by atoms with Crippen LogP contribution in [0, 0.1) is 0 Å². The molecule has 110 valence electrons. The molecule has 0 radical (unpaired) electrons. The summed E-state index contributed by atoms with van der Waals surface area (Å²) in [5.74, 6) is -0.129. The number of nitrogens with one attached hydrogen (secondary N) is 1. The largest absolute Gasteiger partial charge is 0.468 e. The van der Waals surface area contributed by atoms with E-state index in [9.17, 15) is 4.79 Å². The van der Waals surface area contributed by atoms with Crippen LogP contribution in [0.2, 0.25) is 0 Å². The summed E-state index contributed by atoms with van der Waals surface area (Å²) in [6.07, 6.45) is 7.56. The van der Waals surface area contributed by atoms with Crippen molar-refractivity contribution in [2.24, 2.45) is 0 Å². The highest BCUT2D eigenvalue weighted by atomic mass is 16.5. The number of carbonyl (C=O) groups is 1. The van der Waals surface area contributed by atoms with Gasteiger partial charge in [0.25, 0.3) is 0 Å². The van der Waals surface area contributed by atoms with Gasteiger partial charge in [-0.2, -0.15) is 0 Å². The summed E-state index contributed by atoms with van der Waals surface area (Å²) in [5.41, 5.74) is -0.561. The number of carbonyl (C=O) groups excluding carboxylic acids is 1. The molecule has 0 amide bonds. The van der Waals surface area contributed by atoms with Crippen molar-refractivity contribution in [3.05, 3.63) is 0 Å².